The summed E-state index contributed by atoms with van der Waals surface area (Å²) in [5, 5.41) is 10.3. The zero-order chi connectivity index (χ0) is 18.6. The van der Waals surface area contributed by atoms with E-state index in [1.807, 2.05) is 36.1 Å². The van der Waals surface area contributed by atoms with Crippen LogP contribution >= 0.6 is 0 Å². The van der Waals surface area contributed by atoms with E-state index < -0.39 is 0 Å². The van der Waals surface area contributed by atoms with Gasteiger partial charge in [-0.1, -0.05) is 12.1 Å². The SMILES string of the molecule is CCOc1ccc(CC(=O)N2CCC3(CC2)[C@H](O)C[C@@H]3OCCN)cc1. The lowest BCUT2D eigenvalue weighted by Crippen LogP contribution is -2.63. The van der Waals surface area contributed by atoms with Gasteiger partial charge in [0.2, 0.25) is 5.91 Å². The maximum Gasteiger partial charge on any atom is 0.226 e. The number of nitrogens with zero attached hydrogens (tertiary/aromatic N) is 1. The highest BCUT2D eigenvalue weighted by atomic mass is 16.5. The van der Waals surface area contributed by atoms with Gasteiger partial charge in [-0.2, -0.15) is 0 Å². The highest BCUT2D eigenvalue weighted by Crippen LogP contribution is 2.50. The van der Waals surface area contributed by atoms with Crippen molar-refractivity contribution in [1.29, 1.82) is 0 Å². The minimum Gasteiger partial charge on any atom is -0.494 e. The van der Waals surface area contributed by atoms with Gasteiger partial charge >= 0.3 is 0 Å². The molecule has 1 heterocycles. The Balaban J connectivity index is 1.52. The third-order valence-corrected chi connectivity index (χ3v) is 5.82. The maximum absolute atomic E-state index is 12.6. The molecule has 0 unspecified atom stereocenters. The molecule has 2 aliphatic rings. The van der Waals surface area contributed by atoms with Crippen molar-refractivity contribution in [2.75, 3.05) is 32.8 Å². The molecule has 3 N–H and O–H groups in total. The van der Waals surface area contributed by atoms with Gasteiger partial charge in [0.05, 0.1) is 31.8 Å². The van der Waals surface area contributed by atoms with Crippen LogP contribution in [0.5, 0.6) is 5.75 Å². The summed E-state index contributed by atoms with van der Waals surface area (Å²) in [5.74, 6) is 0.961. The highest BCUT2D eigenvalue weighted by Gasteiger charge is 2.56. The van der Waals surface area contributed by atoms with Crippen molar-refractivity contribution in [1.82, 2.24) is 4.90 Å². The van der Waals surface area contributed by atoms with Crippen molar-refractivity contribution in [3.63, 3.8) is 0 Å². The van der Waals surface area contributed by atoms with Crippen LogP contribution in [0.4, 0.5) is 0 Å². The molecule has 1 amide bonds. The van der Waals surface area contributed by atoms with Crippen LogP contribution in [0.25, 0.3) is 0 Å². The molecule has 1 aromatic carbocycles. The second-order valence-corrected chi connectivity index (χ2v) is 7.27. The average molecular weight is 362 g/mol. The van der Waals surface area contributed by atoms with Gasteiger partial charge in [-0.05, 0) is 37.5 Å². The van der Waals surface area contributed by atoms with Crippen LogP contribution < -0.4 is 10.5 Å². The van der Waals surface area contributed by atoms with E-state index in [0.717, 1.165) is 24.2 Å². The van der Waals surface area contributed by atoms with Gasteiger partial charge in [0.25, 0.3) is 0 Å². The number of likely N-dealkylation sites (tertiary alicyclic amines) is 1. The largest absolute Gasteiger partial charge is 0.494 e. The van der Waals surface area contributed by atoms with E-state index in [0.29, 0.717) is 45.7 Å². The molecule has 144 valence electrons. The van der Waals surface area contributed by atoms with Crippen LogP contribution in [0.1, 0.15) is 31.7 Å². The first kappa shape index (κ1) is 19.1. The van der Waals surface area contributed by atoms with Gasteiger partial charge < -0.3 is 25.2 Å². The molecule has 2 fully saturated rings. The summed E-state index contributed by atoms with van der Waals surface area (Å²) >= 11 is 0. The van der Waals surface area contributed by atoms with Crippen LogP contribution in [-0.4, -0.2) is 61.0 Å². The monoisotopic (exact) mass is 362 g/mol. The minimum atomic E-state index is -0.325. The topological polar surface area (TPSA) is 85.0 Å². The van der Waals surface area contributed by atoms with Crippen molar-refractivity contribution in [2.24, 2.45) is 11.1 Å². The summed E-state index contributed by atoms with van der Waals surface area (Å²) in [6.45, 7) is 4.96. The molecule has 1 saturated heterocycles. The predicted octanol–water partition coefficient (Wildman–Crippen LogP) is 1.35. The van der Waals surface area contributed by atoms with Crippen molar-refractivity contribution >= 4 is 5.91 Å². The zero-order valence-corrected chi connectivity index (χ0v) is 15.5. The Bertz CT molecular complexity index is 596. The second-order valence-electron chi connectivity index (χ2n) is 7.27. The van der Waals surface area contributed by atoms with Crippen molar-refractivity contribution in [3.8, 4) is 5.75 Å². The highest BCUT2D eigenvalue weighted by molar-refractivity contribution is 5.79. The normalized spacial score (nSPS) is 24.3. The molecule has 6 nitrogen and oxygen atoms in total. The van der Waals surface area contributed by atoms with E-state index in [-0.39, 0.29) is 23.5 Å². The summed E-state index contributed by atoms with van der Waals surface area (Å²) in [7, 11) is 0. The fraction of sp³-hybridized carbons (Fsp3) is 0.650. The third-order valence-electron chi connectivity index (χ3n) is 5.82. The van der Waals surface area contributed by atoms with E-state index >= 15 is 0 Å². The number of benzene rings is 1. The van der Waals surface area contributed by atoms with Gasteiger partial charge in [-0.25, -0.2) is 0 Å². The Hall–Kier alpha value is -1.63. The number of rotatable bonds is 7. The quantitative estimate of drug-likeness (QED) is 0.765. The van der Waals surface area contributed by atoms with Gasteiger partial charge in [0, 0.05) is 31.5 Å². The second kappa shape index (κ2) is 8.37. The fourth-order valence-corrected chi connectivity index (χ4v) is 4.15. The molecule has 6 heteroatoms. The predicted molar refractivity (Wildman–Crippen MR) is 99.0 cm³/mol. The van der Waals surface area contributed by atoms with Crippen LogP contribution in [0, 0.1) is 5.41 Å². The molecule has 26 heavy (non-hydrogen) atoms. The van der Waals surface area contributed by atoms with Gasteiger partial charge in [0.15, 0.2) is 0 Å². The molecular formula is C20H30N2O4. The number of hydrogen-bond acceptors (Lipinski definition) is 5. The van der Waals surface area contributed by atoms with E-state index in [1.54, 1.807) is 0 Å². The van der Waals surface area contributed by atoms with Gasteiger partial charge in [0.1, 0.15) is 5.75 Å². The minimum absolute atomic E-state index is 0.0735. The van der Waals surface area contributed by atoms with Gasteiger partial charge in [-0.3, -0.25) is 4.79 Å². The molecule has 0 radical (unpaired) electrons. The molecule has 1 spiro atoms. The summed E-state index contributed by atoms with van der Waals surface area (Å²) in [6, 6.07) is 7.70. The Morgan fingerprint density at radius 1 is 1.31 bits per heavy atom. The van der Waals surface area contributed by atoms with Crippen molar-refractivity contribution in [2.45, 2.75) is 44.8 Å². The molecule has 1 saturated carbocycles. The summed E-state index contributed by atoms with van der Waals surface area (Å²) in [5.41, 5.74) is 6.32. The summed E-state index contributed by atoms with van der Waals surface area (Å²) in [4.78, 5) is 14.5. The summed E-state index contributed by atoms with van der Waals surface area (Å²) < 4.78 is 11.2. The smallest absolute Gasteiger partial charge is 0.226 e. The lowest BCUT2D eigenvalue weighted by molar-refractivity contribution is -0.210. The number of piperidine rings is 1. The first-order chi connectivity index (χ1) is 12.6. The van der Waals surface area contributed by atoms with Crippen molar-refractivity contribution in [3.05, 3.63) is 29.8 Å². The number of carbonyl (C=O) groups is 1. The molecule has 0 bridgehead atoms. The molecule has 1 aliphatic carbocycles. The van der Waals surface area contributed by atoms with E-state index in [1.165, 1.54) is 0 Å². The number of nitrogens with two attached hydrogens (primary N) is 1. The van der Waals surface area contributed by atoms with Gasteiger partial charge in [-0.15, -0.1) is 0 Å². The molecule has 1 aromatic rings. The molecule has 1 aliphatic heterocycles. The number of aliphatic hydroxyl groups excluding tert-OH is 1. The Morgan fingerprint density at radius 3 is 2.58 bits per heavy atom. The number of aliphatic hydroxyl groups is 1. The molecule has 2 atom stereocenters. The zero-order valence-electron chi connectivity index (χ0n) is 15.5. The standard InChI is InChI=1S/C20H30N2O4/c1-2-25-16-5-3-15(4-6-16)13-19(24)22-10-7-20(8-11-22)17(23)14-18(20)26-12-9-21/h3-6,17-18,23H,2,7-14,21H2,1H3/t17-,18+/m1/s1. The van der Waals surface area contributed by atoms with Crippen LogP contribution in [-0.2, 0) is 16.0 Å². The van der Waals surface area contributed by atoms with E-state index in [9.17, 15) is 9.90 Å². The summed E-state index contributed by atoms with van der Waals surface area (Å²) in [6.07, 6.45) is 2.41. The number of ether oxygens (including phenoxy) is 2. The van der Waals surface area contributed by atoms with Crippen LogP contribution in [0.2, 0.25) is 0 Å². The average Bonchev–Trinajstić information content (AvgIpc) is 2.67. The van der Waals surface area contributed by atoms with Crippen molar-refractivity contribution < 1.29 is 19.4 Å². The third kappa shape index (κ3) is 3.87. The first-order valence-electron chi connectivity index (χ1n) is 9.58. The Labute approximate surface area is 155 Å². The Kier molecular flexibility index (Phi) is 6.16. The molecular weight excluding hydrogens is 332 g/mol. The Morgan fingerprint density at radius 2 is 2.00 bits per heavy atom. The fourth-order valence-electron chi connectivity index (χ4n) is 4.15. The lowest BCUT2D eigenvalue weighted by atomic mass is 9.58. The number of hydrogen-bond donors (Lipinski definition) is 2. The number of carbonyl (C=O) groups excluding carboxylic acids is 1. The van der Waals surface area contributed by atoms with E-state index in [2.05, 4.69) is 0 Å². The lowest BCUT2D eigenvalue weighted by Gasteiger charge is -2.56. The molecule has 0 aromatic heterocycles. The maximum atomic E-state index is 12.6. The van der Waals surface area contributed by atoms with Crippen LogP contribution in [0.15, 0.2) is 24.3 Å². The van der Waals surface area contributed by atoms with E-state index in [4.69, 9.17) is 15.2 Å². The van der Waals surface area contributed by atoms with Crippen LogP contribution in [0.3, 0.4) is 0 Å². The number of amides is 1. The first-order valence-corrected chi connectivity index (χ1v) is 9.58. The molecule has 3 rings (SSSR count).